The van der Waals surface area contributed by atoms with Crippen molar-refractivity contribution in [2.75, 3.05) is 13.1 Å². The highest BCUT2D eigenvalue weighted by Crippen LogP contribution is 2.26. The summed E-state index contributed by atoms with van der Waals surface area (Å²) in [5.74, 6) is 0. The molecule has 3 heteroatoms. The summed E-state index contributed by atoms with van der Waals surface area (Å²) in [6.45, 7) is 8.07. The predicted octanol–water partition coefficient (Wildman–Crippen LogP) is 5.83. The molecule has 0 spiro atoms. The number of quaternary nitrogens is 1. The summed E-state index contributed by atoms with van der Waals surface area (Å²) in [5.41, 5.74) is 0. The van der Waals surface area contributed by atoms with E-state index in [9.17, 15) is 5.11 Å². The molecule has 146 valence electrons. The van der Waals surface area contributed by atoms with Crippen LogP contribution in [-0.2, 0) is 0 Å². The molecule has 3 atom stereocenters. The quantitative estimate of drug-likeness (QED) is 0.225. The zero-order valence-electron chi connectivity index (χ0n) is 17.1. The number of rotatable bonds is 15. The van der Waals surface area contributed by atoms with Crippen LogP contribution in [0.3, 0.4) is 0 Å². The Morgan fingerprint density at radius 2 is 1.60 bits per heavy atom. The van der Waals surface area contributed by atoms with Gasteiger partial charge >= 0.3 is 0 Å². The Morgan fingerprint density at radius 1 is 1.04 bits per heavy atom. The number of hydrogen-bond donors (Lipinski definition) is 1. The largest absolute Gasteiger partial charge is 0.345 e. The van der Waals surface area contributed by atoms with E-state index in [0.717, 1.165) is 24.0 Å². The third-order valence-electron chi connectivity index (χ3n) is 5.94. The maximum atomic E-state index is 10.2. The number of aliphatic imine (C=N–C) groups is 1. The zero-order chi connectivity index (χ0) is 18.4. The van der Waals surface area contributed by atoms with Crippen molar-refractivity contribution in [3.05, 3.63) is 12.2 Å². The molecular formula is C22H43N2O+. The summed E-state index contributed by atoms with van der Waals surface area (Å²) in [6, 6.07) is 0. The fourth-order valence-electron chi connectivity index (χ4n) is 4.08. The van der Waals surface area contributed by atoms with Gasteiger partial charge in [0.05, 0.1) is 12.8 Å². The average Bonchev–Trinajstić information content (AvgIpc) is 3.03. The number of aliphatic hydroxyl groups is 1. The minimum atomic E-state index is -0.310. The Labute approximate surface area is 156 Å². The van der Waals surface area contributed by atoms with Gasteiger partial charge in [0, 0.05) is 13.3 Å². The summed E-state index contributed by atoms with van der Waals surface area (Å²) >= 11 is 0. The fourth-order valence-corrected chi connectivity index (χ4v) is 4.08. The van der Waals surface area contributed by atoms with Crippen LogP contribution in [-0.4, -0.2) is 41.3 Å². The monoisotopic (exact) mass is 351 g/mol. The van der Waals surface area contributed by atoms with Gasteiger partial charge in [-0.15, -0.1) is 0 Å². The summed E-state index contributed by atoms with van der Waals surface area (Å²) in [4.78, 5) is 4.66. The SMILES string of the molecule is C/C=C/CCCCCCCCCCCCC1N=CC[N+]1(CC)C(C)O. The van der Waals surface area contributed by atoms with Gasteiger partial charge < -0.3 is 5.11 Å². The van der Waals surface area contributed by atoms with Crippen molar-refractivity contribution >= 4 is 6.21 Å². The van der Waals surface area contributed by atoms with Gasteiger partial charge in [-0.1, -0.05) is 63.5 Å². The van der Waals surface area contributed by atoms with Crippen molar-refractivity contribution in [1.29, 1.82) is 0 Å². The van der Waals surface area contributed by atoms with E-state index in [-0.39, 0.29) is 12.4 Å². The Balaban J connectivity index is 1.96. The third kappa shape index (κ3) is 8.04. The topological polar surface area (TPSA) is 32.6 Å². The lowest BCUT2D eigenvalue weighted by molar-refractivity contribution is -0.976. The lowest BCUT2D eigenvalue weighted by Gasteiger charge is -2.40. The molecule has 1 N–H and O–H groups in total. The zero-order valence-corrected chi connectivity index (χ0v) is 17.1. The van der Waals surface area contributed by atoms with E-state index in [1.807, 2.05) is 13.1 Å². The van der Waals surface area contributed by atoms with Crippen LogP contribution in [0.15, 0.2) is 17.1 Å². The molecule has 0 saturated carbocycles. The molecule has 0 fully saturated rings. The maximum absolute atomic E-state index is 10.2. The average molecular weight is 352 g/mol. The van der Waals surface area contributed by atoms with Crippen molar-refractivity contribution in [3.8, 4) is 0 Å². The van der Waals surface area contributed by atoms with Gasteiger partial charge in [0.15, 0.2) is 12.4 Å². The molecule has 0 aliphatic carbocycles. The molecule has 0 radical (unpaired) electrons. The summed E-state index contributed by atoms with van der Waals surface area (Å²) < 4.78 is 0.744. The lowest BCUT2D eigenvalue weighted by Crippen LogP contribution is -2.57. The second-order valence-corrected chi connectivity index (χ2v) is 7.73. The molecule has 1 rings (SSSR count). The van der Waals surface area contributed by atoms with Gasteiger partial charge in [0.1, 0.15) is 6.54 Å². The van der Waals surface area contributed by atoms with E-state index in [2.05, 4.69) is 31.0 Å². The van der Waals surface area contributed by atoms with Gasteiger partial charge in [-0.05, 0) is 33.1 Å². The van der Waals surface area contributed by atoms with E-state index >= 15 is 0 Å². The smallest absolute Gasteiger partial charge is 0.189 e. The summed E-state index contributed by atoms with van der Waals surface area (Å²) in [6.07, 6.45) is 22.5. The van der Waals surface area contributed by atoms with E-state index < -0.39 is 0 Å². The van der Waals surface area contributed by atoms with Crippen LogP contribution in [0.4, 0.5) is 0 Å². The van der Waals surface area contributed by atoms with Crippen molar-refractivity contribution in [1.82, 2.24) is 0 Å². The molecule has 1 heterocycles. The molecule has 0 aromatic rings. The minimum Gasteiger partial charge on any atom is -0.345 e. The van der Waals surface area contributed by atoms with Crippen LogP contribution in [0.25, 0.3) is 0 Å². The first-order chi connectivity index (χ1) is 12.2. The van der Waals surface area contributed by atoms with E-state index in [1.54, 1.807) is 0 Å². The summed E-state index contributed by atoms with van der Waals surface area (Å²) in [7, 11) is 0. The van der Waals surface area contributed by atoms with Gasteiger partial charge in [-0.3, -0.25) is 4.48 Å². The number of nitrogens with zero attached hydrogens (tertiary/aromatic N) is 2. The molecule has 0 aromatic carbocycles. The molecule has 3 nitrogen and oxygen atoms in total. The third-order valence-corrected chi connectivity index (χ3v) is 5.94. The maximum Gasteiger partial charge on any atom is 0.189 e. The van der Waals surface area contributed by atoms with Crippen molar-refractivity contribution < 1.29 is 9.59 Å². The molecular weight excluding hydrogens is 308 g/mol. The van der Waals surface area contributed by atoms with Crippen molar-refractivity contribution in [2.45, 2.75) is 110 Å². The second-order valence-electron chi connectivity index (χ2n) is 7.73. The summed E-state index contributed by atoms with van der Waals surface area (Å²) in [5, 5.41) is 10.2. The van der Waals surface area contributed by atoms with Crippen LogP contribution >= 0.6 is 0 Å². The Hall–Kier alpha value is -0.670. The van der Waals surface area contributed by atoms with E-state index in [0.29, 0.717) is 0 Å². The number of hydrogen-bond acceptors (Lipinski definition) is 2. The fraction of sp³-hybridized carbons (Fsp3) is 0.864. The van der Waals surface area contributed by atoms with Crippen LogP contribution in [0, 0.1) is 0 Å². The molecule has 1 aliphatic rings. The van der Waals surface area contributed by atoms with Gasteiger partial charge in [-0.25, -0.2) is 4.99 Å². The Bertz CT molecular complexity index is 378. The first-order valence-corrected chi connectivity index (χ1v) is 10.8. The lowest BCUT2D eigenvalue weighted by atomic mass is 10.0. The number of allylic oxidation sites excluding steroid dienone is 2. The highest BCUT2D eigenvalue weighted by atomic mass is 16.3. The number of unbranched alkanes of at least 4 members (excludes halogenated alkanes) is 10. The predicted molar refractivity (Wildman–Crippen MR) is 110 cm³/mol. The molecule has 0 aromatic heterocycles. The van der Waals surface area contributed by atoms with Crippen molar-refractivity contribution in [2.24, 2.45) is 4.99 Å². The van der Waals surface area contributed by atoms with Gasteiger partial charge in [-0.2, -0.15) is 0 Å². The molecule has 1 aliphatic heterocycles. The molecule has 25 heavy (non-hydrogen) atoms. The first kappa shape index (κ1) is 22.4. The molecule has 3 unspecified atom stereocenters. The Morgan fingerprint density at radius 3 is 2.12 bits per heavy atom. The minimum absolute atomic E-state index is 0.285. The first-order valence-electron chi connectivity index (χ1n) is 10.8. The number of aliphatic hydroxyl groups excluding tert-OH is 1. The van der Waals surface area contributed by atoms with Crippen LogP contribution < -0.4 is 0 Å². The molecule has 0 saturated heterocycles. The van der Waals surface area contributed by atoms with E-state index in [1.165, 1.54) is 70.6 Å². The highest BCUT2D eigenvalue weighted by Gasteiger charge is 2.41. The molecule has 0 amide bonds. The van der Waals surface area contributed by atoms with Crippen LogP contribution in [0.2, 0.25) is 0 Å². The van der Waals surface area contributed by atoms with Gasteiger partial charge in [0.2, 0.25) is 0 Å². The van der Waals surface area contributed by atoms with E-state index in [4.69, 9.17) is 0 Å². The normalized spacial score (nSPS) is 24.4. The molecule has 0 bridgehead atoms. The van der Waals surface area contributed by atoms with Crippen molar-refractivity contribution in [3.63, 3.8) is 0 Å². The van der Waals surface area contributed by atoms with Gasteiger partial charge in [0.25, 0.3) is 0 Å². The standard InChI is InChI=1S/C22H43N2O/c1-4-6-7-8-9-10-11-12-13-14-15-16-17-18-22-23-19-20-24(22,5-2)21(3)25/h4,6,19,21-22,25H,5,7-18,20H2,1-3H3/q+1/b6-4+. The van der Waals surface area contributed by atoms with Crippen LogP contribution in [0.1, 0.15) is 97.8 Å². The Kier molecular flexibility index (Phi) is 12.1. The second kappa shape index (κ2) is 13.5. The van der Waals surface area contributed by atoms with Crippen LogP contribution in [0.5, 0.6) is 0 Å². The highest BCUT2D eigenvalue weighted by molar-refractivity contribution is 5.60.